The average Bonchev–Trinajstić information content (AvgIpc) is 3.09. The molecule has 6 nitrogen and oxygen atoms in total. The number of hydrogen-bond acceptors (Lipinski definition) is 4. The van der Waals surface area contributed by atoms with Crippen LogP contribution in [0.5, 0.6) is 0 Å². The molecule has 2 aliphatic rings. The van der Waals surface area contributed by atoms with Gasteiger partial charge < -0.3 is 20.5 Å². The second-order valence-electron chi connectivity index (χ2n) is 7.87. The molecule has 1 aliphatic heterocycles. The highest BCUT2D eigenvalue weighted by molar-refractivity contribution is 6.29. The predicted molar refractivity (Wildman–Crippen MR) is 122 cm³/mol. The Balaban J connectivity index is 0.00000272. The number of carbonyl (C=O) groups excluding carboxylic acids is 1. The Labute approximate surface area is 188 Å². The van der Waals surface area contributed by atoms with Crippen LogP contribution in [0.15, 0.2) is 48.2 Å². The first-order valence-corrected chi connectivity index (χ1v) is 10.3. The van der Waals surface area contributed by atoms with Crippen LogP contribution >= 0.6 is 12.4 Å². The third kappa shape index (κ3) is 4.60. The van der Waals surface area contributed by atoms with Crippen molar-refractivity contribution in [3.8, 4) is 0 Å². The van der Waals surface area contributed by atoms with E-state index in [2.05, 4.69) is 6.07 Å². The molecule has 4 rings (SSSR count). The molecule has 7 heteroatoms. The molecule has 1 amide bonds. The van der Waals surface area contributed by atoms with Crippen LogP contribution in [-0.4, -0.2) is 30.6 Å². The number of hydrogen-bond donors (Lipinski definition) is 2. The highest BCUT2D eigenvalue weighted by Crippen LogP contribution is 2.36. The number of ether oxygens (including phenoxy) is 1. The summed E-state index contributed by atoms with van der Waals surface area (Å²) in [6.45, 7) is 0.385. The molecule has 1 unspecified atom stereocenters. The standard InChI is InChI=1S/C24H26N2O4.ClH/c1-30-21-14-26(18-10-11-19-17(13-18)3-2-4-20(19)25)24(29)23(21)16-8-5-15(6-9-16)7-12-22(27)28;/h5-6,8-11,13,20H,2-4,7,12,14,25H2,1H3,(H,27,28);1H. The zero-order valence-corrected chi connectivity index (χ0v) is 18.3. The Hall–Kier alpha value is -2.83. The maximum Gasteiger partial charge on any atom is 0.303 e. The van der Waals surface area contributed by atoms with Crippen molar-refractivity contribution in [3.05, 3.63) is 70.5 Å². The molecule has 0 saturated carbocycles. The van der Waals surface area contributed by atoms with E-state index in [-0.39, 0.29) is 30.8 Å². The second kappa shape index (κ2) is 9.54. The number of nitrogens with two attached hydrogens (primary N) is 1. The first kappa shape index (κ1) is 22.8. The van der Waals surface area contributed by atoms with Crippen LogP contribution < -0.4 is 10.6 Å². The zero-order chi connectivity index (χ0) is 21.3. The number of carboxylic acid groups (broad SMARTS) is 1. The van der Waals surface area contributed by atoms with E-state index < -0.39 is 5.97 Å². The zero-order valence-electron chi connectivity index (χ0n) is 17.5. The number of carbonyl (C=O) groups is 2. The van der Waals surface area contributed by atoms with Crippen LogP contribution in [0.4, 0.5) is 5.69 Å². The summed E-state index contributed by atoms with van der Waals surface area (Å²) in [6.07, 6.45) is 3.58. The molecule has 3 N–H and O–H groups in total. The van der Waals surface area contributed by atoms with E-state index in [1.165, 1.54) is 11.1 Å². The van der Waals surface area contributed by atoms with Crippen LogP contribution in [0.1, 0.15) is 47.6 Å². The topological polar surface area (TPSA) is 92.9 Å². The van der Waals surface area contributed by atoms with Gasteiger partial charge in [0, 0.05) is 18.2 Å². The van der Waals surface area contributed by atoms with Gasteiger partial charge in [-0.3, -0.25) is 9.59 Å². The monoisotopic (exact) mass is 442 g/mol. The van der Waals surface area contributed by atoms with Crippen molar-refractivity contribution < 1.29 is 19.4 Å². The Bertz CT molecular complexity index is 1020. The number of aryl methyl sites for hydroxylation is 2. The lowest BCUT2D eigenvalue weighted by Crippen LogP contribution is -2.27. The molecule has 31 heavy (non-hydrogen) atoms. The number of aliphatic carboxylic acids is 1. The van der Waals surface area contributed by atoms with E-state index in [9.17, 15) is 9.59 Å². The Morgan fingerprint density at radius 2 is 1.97 bits per heavy atom. The summed E-state index contributed by atoms with van der Waals surface area (Å²) in [5.74, 6) is -0.283. The van der Waals surface area contributed by atoms with Crippen molar-refractivity contribution in [2.45, 2.75) is 38.1 Å². The Morgan fingerprint density at radius 1 is 1.23 bits per heavy atom. The first-order chi connectivity index (χ1) is 14.5. The summed E-state index contributed by atoms with van der Waals surface area (Å²) < 4.78 is 5.56. The van der Waals surface area contributed by atoms with Crippen LogP contribution in [0.3, 0.4) is 0 Å². The van der Waals surface area contributed by atoms with E-state index in [0.717, 1.165) is 36.1 Å². The summed E-state index contributed by atoms with van der Waals surface area (Å²) in [6, 6.07) is 13.6. The highest BCUT2D eigenvalue weighted by Gasteiger charge is 2.34. The van der Waals surface area contributed by atoms with Gasteiger partial charge >= 0.3 is 5.97 Å². The maximum absolute atomic E-state index is 13.3. The number of anilines is 1. The normalized spacial score (nSPS) is 17.9. The first-order valence-electron chi connectivity index (χ1n) is 10.3. The molecule has 0 bridgehead atoms. The molecular formula is C24H27ClN2O4. The van der Waals surface area contributed by atoms with Gasteiger partial charge in [-0.05, 0) is 60.1 Å². The minimum atomic E-state index is -0.823. The largest absolute Gasteiger partial charge is 0.498 e. The van der Waals surface area contributed by atoms with Crippen LogP contribution in [-0.2, 0) is 27.2 Å². The van der Waals surface area contributed by atoms with Gasteiger partial charge in [0.05, 0.1) is 19.2 Å². The quantitative estimate of drug-likeness (QED) is 0.708. The molecule has 2 aromatic rings. The molecule has 0 aromatic heterocycles. The molecule has 1 atom stereocenters. The molecule has 0 spiro atoms. The van der Waals surface area contributed by atoms with Crippen LogP contribution in [0, 0.1) is 0 Å². The third-order valence-electron chi connectivity index (χ3n) is 5.96. The number of fused-ring (bicyclic) bond motifs is 1. The number of carboxylic acids is 1. The van der Waals surface area contributed by atoms with Crippen molar-refractivity contribution in [3.63, 3.8) is 0 Å². The van der Waals surface area contributed by atoms with E-state index in [1.54, 1.807) is 12.0 Å². The fourth-order valence-corrected chi connectivity index (χ4v) is 4.30. The maximum atomic E-state index is 13.3. The van der Waals surface area contributed by atoms with Crippen molar-refractivity contribution in [2.24, 2.45) is 5.73 Å². The number of nitrogens with zero attached hydrogens (tertiary/aromatic N) is 1. The smallest absolute Gasteiger partial charge is 0.303 e. The van der Waals surface area contributed by atoms with Gasteiger partial charge in [0.15, 0.2) is 0 Å². The summed E-state index contributed by atoms with van der Waals surface area (Å²) in [4.78, 5) is 25.8. The molecule has 2 aromatic carbocycles. The van der Waals surface area contributed by atoms with Gasteiger partial charge in [-0.2, -0.15) is 0 Å². The van der Waals surface area contributed by atoms with Gasteiger partial charge in [-0.25, -0.2) is 0 Å². The van der Waals surface area contributed by atoms with E-state index in [0.29, 0.717) is 24.3 Å². The Morgan fingerprint density at radius 3 is 2.65 bits per heavy atom. The third-order valence-corrected chi connectivity index (χ3v) is 5.96. The lowest BCUT2D eigenvalue weighted by Gasteiger charge is -2.25. The summed E-state index contributed by atoms with van der Waals surface area (Å²) in [5.41, 5.74) is 11.7. The molecule has 0 fully saturated rings. The highest BCUT2D eigenvalue weighted by atomic mass is 35.5. The number of benzene rings is 2. The predicted octanol–water partition coefficient (Wildman–Crippen LogP) is 3.87. The van der Waals surface area contributed by atoms with Gasteiger partial charge in [-0.1, -0.05) is 30.3 Å². The molecule has 0 radical (unpaired) electrons. The summed E-state index contributed by atoms with van der Waals surface area (Å²) >= 11 is 0. The van der Waals surface area contributed by atoms with Gasteiger partial charge in [0.25, 0.3) is 5.91 Å². The Kier molecular flexibility index (Phi) is 7.03. The van der Waals surface area contributed by atoms with Crippen LogP contribution in [0.25, 0.3) is 5.57 Å². The second-order valence-corrected chi connectivity index (χ2v) is 7.87. The van der Waals surface area contributed by atoms with Crippen molar-refractivity contribution in [1.82, 2.24) is 0 Å². The lowest BCUT2D eigenvalue weighted by molar-refractivity contribution is -0.137. The fraction of sp³-hybridized carbons (Fsp3) is 0.333. The number of rotatable bonds is 6. The number of amides is 1. The van der Waals surface area contributed by atoms with Crippen molar-refractivity contribution in [2.75, 3.05) is 18.6 Å². The van der Waals surface area contributed by atoms with E-state index >= 15 is 0 Å². The van der Waals surface area contributed by atoms with Gasteiger partial charge in [-0.15, -0.1) is 12.4 Å². The molecule has 1 heterocycles. The van der Waals surface area contributed by atoms with Crippen molar-refractivity contribution in [1.29, 1.82) is 0 Å². The van der Waals surface area contributed by atoms with Gasteiger partial charge in [0.1, 0.15) is 5.76 Å². The molecular weight excluding hydrogens is 416 g/mol. The lowest BCUT2D eigenvalue weighted by atomic mass is 9.88. The summed E-state index contributed by atoms with van der Waals surface area (Å²) in [7, 11) is 1.58. The molecule has 0 saturated heterocycles. The molecule has 164 valence electrons. The minimum Gasteiger partial charge on any atom is -0.498 e. The van der Waals surface area contributed by atoms with Crippen molar-refractivity contribution >= 4 is 35.5 Å². The molecule has 1 aliphatic carbocycles. The van der Waals surface area contributed by atoms with E-state index in [1.807, 2.05) is 36.4 Å². The minimum absolute atomic E-state index is 0. The number of halogens is 1. The summed E-state index contributed by atoms with van der Waals surface area (Å²) in [5, 5.41) is 8.85. The number of methoxy groups -OCH3 is 1. The van der Waals surface area contributed by atoms with Crippen LogP contribution in [0.2, 0.25) is 0 Å². The average molecular weight is 443 g/mol. The SMILES string of the molecule is COC1=C(c2ccc(CCC(=O)O)cc2)C(=O)N(c2ccc3c(c2)CCCC3N)C1.Cl. The van der Waals surface area contributed by atoms with Gasteiger partial charge in [0.2, 0.25) is 0 Å². The van der Waals surface area contributed by atoms with E-state index in [4.69, 9.17) is 15.6 Å². The fourth-order valence-electron chi connectivity index (χ4n) is 4.30.